The second-order valence-electron chi connectivity index (χ2n) is 5.43. The average molecular weight is 335 g/mol. The normalized spacial score (nSPS) is 14.2. The molecule has 1 aliphatic carbocycles. The van der Waals surface area contributed by atoms with Gasteiger partial charge in [0.1, 0.15) is 17.0 Å². The van der Waals surface area contributed by atoms with Gasteiger partial charge in [-0.3, -0.25) is 0 Å². The first-order valence-corrected chi connectivity index (χ1v) is 8.04. The van der Waals surface area contributed by atoms with Crippen molar-refractivity contribution in [2.24, 2.45) is 0 Å². The third-order valence-corrected chi connectivity index (χ3v) is 5.19. The predicted octanol–water partition coefficient (Wildman–Crippen LogP) is 4.94. The predicted molar refractivity (Wildman–Crippen MR) is 84.2 cm³/mol. The van der Waals surface area contributed by atoms with E-state index in [4.69, 9.17) is 0 Å². The molecule has 1 aromatic carbocycles. The molecule has 2 heterocycles. The highest BCUT2D eigenvalue weighted by Gasteiger charge is 2.33. The maximum absolute atomic E-state index is 13.2. The van der Waals surface area contributed by atoms with Gasteiger partial charge in [-0.05, 0) is 37.0 Å². The van der Waals surface area contributed by atoms with E-state index in [-0.39, 0.29) is 5.69 Å². The van der Waals surface area contributed by atoms with Crippen LogP contribution >= 0.6 is 11.3 Å². The van der Waals surface area contributed by atoms with Gasteiger partial charge in [0.15, 0.2) is 0 Å². The number of nitrogens with zero attached hydrogens (tertiary/aromatic N) is 2. The van der Waals surface area contributed by atoms with Gasteiger partial charge in [0.05, 0.1) is 16.6 Å². The fraction of sp³-hybridized carbons (Fsp3) is 0.250. The molecule has 0 atom stereocenters. The van der Waals surface area contributed by atoms with Gasteiger partial charge in [0.25, 0.3) is 0 Å². The standard InChI is InChI=1S/C16H12F3N3S/c17-16(18,19)10-5-1-2-6-11(10)22-14-13-9-4-3-7-12(9)23-15(13)21-8-20-14/h1-2,5-6,8H,3-4,7H2,(H,20,21,22). The molecule has 0 saturated carbocycles. The van der Waals surface area contributed by atoms with E-state index in [1.54, 1.807) is 17.4 Å². The van der Waals surface area contributed by atoms with Gasteiger partial charge in [0.2, 0.25) is 0 Å². The highest BCUT2D eigenvalue weighted by molar-refractivity contribution is 7.19. The van der Waals surface area contributed by atoms with Crippen LogP contribution in [0.5, 0.6) is 0 Å². The fourth-order valence-corrected chi connectivity index (χ4v) is 4.22. The Morgan fingerprint density at radius 1 is 1.09 bits per heavy atom. The molecule has 0 fully saturated rings. The maximum Gasteiger partial charge on any atom is 0.418 e. The maximum atomic E-state index is 13.2. The summed E-state index contributed by atoms with van der Waals surface area (Å²) in [6, 6.07) is 5.45. The molecule has 0 radical (unpaired) electrons. The molecule has 0 saturated heterocycles. The summed E-state index contributed by atoms with van der Waals surface area (Å²) in [4.78, 5) is 10.6. The zero-order chi connectivity index (χ0) is 16.0. The molecule has 2 aromatic heterocycles. The van der Waals surface area contributed by atoms with Crippen molar-refractivity contribution >= 4 is 33.1 Å². The summed E-state index contributed by atoms with van der Waals surface area (Å²) in [7, 11) is 0. The quantitative estimate of drug-likeness (QED) is 0.720. The van der Waals surface area contributed by atoms with Crippen molar-refractivity contribution in [2.75, 3.05) is 5.32 Å². The number of hydrogen-bond acceptors (Lipinski definition) is 4. The Kier molecular flexibility index (Phi) is 3.26. The number of fused-ring (bicyclic) bond motifs is 3. The SMILES string of the molecule is FC(F)(F)c1ccccc1Nc1ncnc2sc3c(c12)CCC3. The Morgan fingerprint density at radius 3 is 2.74 bits per heavy atom. The average Bonchev–Trinajstić information content (AvgIpc) is 3.07. The number of benzene rings is 1. The Labute approximate surface area is 134 Å². The van der Waals surface area contributed by atoms with Crippen LogP contribution in [0, 0.1) is 0 Å². The van der Waals surface area contributed by atoms with Crippen LogP contribution in [0.25, 0.3) is 10.2 Å². The molecule has 1 aliphatic rings. The number of aromatic nitrogens is 2. The Balaban J connectivity index is 1.83. The smallest absolute Gasteiger partial charge is 0.339 e. The zero-order valence-corrected chi connectivity index (χ0v) is 12.8. The lowest BCUT2D eigenvalue weighted by molar-refractivity contribution is -0.136. The van der Waals surface area contributed by atoms with Crippen molar-refractivity contribution < 1.29 is 13.2 Å². The third kappa shape index (κ3) is 2.45. The summed E-state index contributed by atoms with van der Waals surface area (Å²) in [5, 5.41) is 3.74. The first-order chi connectivity index (χ1) is 11.0. The molecular weight excluding hydrogens is 323 g/mol. The Hall–Kier alpha value is -2.15. The minimum Gasteiger partial charge on any atom is -0.339 e. The van der Waals surface area contributed by atoms with Crippen molar-refractivity contribution in [3.63, 3.8) is 0 Å². The summed E-state index contributed by atoms with van der Waals surface area (Å²) in [5.41, 5.74) is 0.495. The molecular formula is C16H12F3N3S. The van der Waals surface area contributed by atoms with E-state index in [2.05, 4.69) is 15.3 Å². The molecule has 0 amide bonds. The Bertz CT molecular complexity index is 886. The molecule has 7 heteroatoms. The van der Waals surface area contributed by atoms with Gasteiger partial charge in [-0.15, -0.1) is 11.3 Å². The second-order valence-corrected chi connectivity index (χ2v) is 6.51. The minimum absolute atomic E-state index is 0.0120. The molecule has 3 aromatic rings. The van der Waals surface area contributed by atoms with Crippen molar-refractivity contribution in [1.29, 1.82) is 0 Å². The summed E-state index contributed by atoms with van der Waals surface area (Å²) < 4.78 is 39.5. The molecule has 118 valence electrons. The molecule has 23 heavy (non-hydrogen) atoms. The molecule has 3 nitrogen and oxygen atoms in total. The summed E-state index contributed by atoms with van der Waals surface area (Å²) in [6.07, 6.45) is -0.00328. The number of alkyl halides is 3. The van der Waals surface area contributed by atoms with Gasteiger partial charge in [-0.2, -0.15) is 13.2 Å². The topological polar surface area (TPSA) is 37.8 Å². The number of halogens is 3. The molecule has 0 aliphatic heterocycles. The molecule has 0 bridgehead atoms. The summed E-state index contributed by atoms with van der Waals surface area (Å²) >= 11 is 1.61. The number of nitrogens with one attached hydrogen (secondary N) is 1. The van der Waals surface area contributed by atoms with Crippen molar-refractivity contribution in [3.8, 4) is 0 Å². The fourth-order valence-electron chi connectivity index (χ4n) is 2.99. The van der Waals surface area contributed by atoms with Crippen LogP contribution in [0.4, 0.5) is 24.7 Å². The van der Waals surface area contributed by atoms with Crippen LogP contribution in [0.2, 0.25) is 0 Å². The van der Waals surface area contributed by atoms with E-state index in [1.807, 2.05) is 0 Å². The lowest BCUT2D eigenvalue weighted by Crippen LogP contribution is -2.09. The van der Waals surface area contributed by atoms with E-state index in [0.29, 0.717) is 5.82 Å². The summed E-state index contributed by atoms with van der Waals surface area (Å²) in [6.45, 7) is 0. The van der Waals surface area contributed by atoms with Gasteiger partial charge >= 0.3 is 6.18 Å². The minimum atomic E-state index is -4.41. The van der Waals surface area contributed by atoms with Crippen LogP contribution in [0.3, 0.4) is 0 Å². The Morgan fingerprint density at radius 2 is 1.91 bits per heavy atom. The summed E-state index contributed by atoms with van der Waals surface area (Å²) in [5.74, 6) is 0.450. The third-order valence-electron chi connectivity index (χ3n) is 3.99. The van der Waals surface area contributed by atoms with Crippen molar-refractivity contribution in [3.05, 3.63) is 46.6 Å². The van der Waals surface area contributed by atoms with E-state index in [0.717, 1.165) is 35.5 Å². The monoisotopic (exact) mass is 335 g/mol. The zero-order valence-electron chi connectivity index (χ0n) is 11.9. The van der Waals surface area contributed by atoms with E-state index < -0.39 is 11.7 Å². The first kappa shape index (κ1) is 14.4. The number of anilines is 2. The molecule has 0 spiro atoms. The largest absolute Gasteiger partial charge is 0.418 e. The number of hydrogen-bond donors (Lipinski definition) is 1. The van der Waals surface area contributed by atoms with Crippen LogP contribution < -0.4 is 5.32 Å². The van der Waals surface area contributed by atoms with Gasteiger partial charge in [-0.25, -0.2) is 9.97 Å². The molecule has 4 rings (SSSR count). The number of thiophene rings is 1. The van der Waals surface area contributed by atoms with E-state index in [9.17, 15) is 13.2 Å². The first-order valence-electron chi connectivity index (χ1n) is 7.22. The van der Waals surface area contributed by atoms with Crippen LogP contribution in [0.1, 0.15) is 22.4 Å². The van der Waals surface area contributed by atoms with Gasteiger partial charge < -0.3 is 5.32 Å². The van der Waals surface area contributed by atoms with Crippen LogP contribution in [-0.4, -0.2) is 9.97 Å². The lowest BCUT2D eigenvalue weighted by atomic mass is 10.1. The molecule has 0 unspecified atom stereocenters. The van der Waals surface area contributed by atoms with E-state index in [1.165, 1.54) is 28.9 Å². The van der Waals surface area contributed by atoms with Crippen LogP contribution in [-0.2, 0) is 19.0 Å². The van der Waals surface area contributed by atoms with Crippen LogP contribution in [0.15, 0.2) is 30.6 Å². The lowest BCUT2D eigenvalue weighted by Gasteiger charge is -2.14. The van der Waals surface area contributed by atoms with E-state index >= 15 is 0 Å². The molecule has 1 N–H and O–H groups in total. The highest BCUT2D eigenvalue weighted by atomic mass is 32.1. The van der Waals surface area contributed by atoms with Crippen molar-refractivity contribution in [2.45, 2.75) is 25.4 Å². The van der Waals surface area contributed by atoms with Crippen molar-refractivity contribution in [1.82, 2.24) is 9.97 Å². The van der Waals surface area contributed by atoms with Gasteiger partial charge in [0, 0.05) is 4.88 Å². The number of para-hydroxylation sites is 1. The highest BCUT2D eigenvalue weighted by Crippen LogP contribution is 2.41. The second kappa shape index (κ2) is 5.19. The number of rotatable bonds is 2. The number of aryl methyl sites for hydroxylation is 2. The van der Waals surface area contributed by atoms with Gasteiger partial charge in [-0.1, -0.05) is 12.1 Å².